The lowest BCUT2D eigenvalue weighted by Gasteiger charge is -2.32. The average molecular weight is 398 g/mol. The van der Waals surface area contributed by atoms with Gasteiger partial charge in [0.2, 0.25) is 0 Å². The number of piperidine rings is 1. The van der Waals surface area contributed by atoms with E-state index in [4.69, 9.17) is 9.47 Å². The van der Waals surface area contributed by atoms with Crippen molar-refractivity contribution in [3.05, 3.63) is 41.5 Å². The number of carbonyl (C=O) groups is 1. The lowest BCUT2D eigenvalue weighted by molar-refractivity contribution is 0.0718. The molecule has 1 N–H and O–H groups in total. The summed E-state index contributed by atoms with van der Waals surface area (Å²) < 4.78 is 10.6. The summed E-state index contributed by atoms with van der Waals surface area (Å²) in [4.78, 5) is 24.4. The Hall–Kier alpha value is -2.87. The number of methoxy groups -OCH3 is 2. The molecule has 3 aromatic rings. The van der Waals surface area contributed by atoms with Gasteiger partial charge in [0.15, 0.2) is 11.5 Å². The van der Waals surface area contributed by atoms with Gasteiger partial charge in [0.05, 0.1) is 19.6 Å². The van der Waals surface area contributed by atoms with Crippen molar-refractivity contribution in [2.45, 2.75) is 18.9 Å². The van der Waals surface area contributed by atoms with E-state index in [0.29, 0.717) is 30.2 Å². The highest BCUT2D eigenvalue weighted by atomic mass is 32.1. The third-order valence-corrected chi connectivity index (χ3v) is 5.84. The Morgan fingerprint density at radius 1 is 1.14 bits per heavy atom. The number of carbonyl (C=O) groups excluding carboxylic acids is 1. The highest BCUT2D eigenvalue weighted by Gasteiger charge is 2.25. The van der Waals surface area contributed by atoms with Crippen LogP contribution in [0.4, 0.5) is 5.82 Å². The van der Waals surface area contributed by atoms with Gasteiger partial charge in [-0.2, -0.15) is 0 Å². The Balaban J connectivity index is 1.40. The zero-order chi connectivity index (χ0) is 19.5. The number of ether oxygens (including phenoxy) is 2. The molecule has 7 nitrogen and oxygen atoms in total. The van der Waals surface area contributed by atoms with Gasteiger partial charge in [-0.25, -0.2) is 9.97 Å². The molecular formula is C20H22N4O3S. The second-order valence-corrected chi connectivity index (χ2v) is 7.54. The monoisotopic (exact) mass is 398 g/mol. The van der Waals surface area contributed by atoms with Gasteiger partial charge in [0, 0.05) is 24.7 Å². The fraction of sp³-hybridized carbons (Fsp3) is 0.350. The summed E-state index contributed by atoms with van der Waals surface area (Å²) in [5.41, 5.74) is 0.611. The van der Waals surface area contributed by atoms with Crippen molar-refractivity contribution < 1.29 is 14.3 Å². The Morgan fingerprint density at radius 3 is 2.68 bits per heavy atom. The number of likely N-dealkylation sites (tertiary alicyclic amines) is 1. The van der Waals surface area contributed by atoms with Crippen LogP contribution >= 0.6 is 11.3 Å². The number of nitrogens with one attached hydrogen (secondary N) is 1. The quantitative estimate of drug-likeness (QED) is 0.710. The molecule has 0 spiro atoms. The zero-order valence-corrected chi connectivity index (χ0v) is 16.7. The van der Waals surface area contributed by atoms with Crippen molar-refractivity contribution in [3.8, 4) is 11.5 Å². The largest absolute Gasteiger partial charge is 0.493 e. The summed E-state index contributed by atoms with van der Waals surface area (Å²) in [5, 5.41) is 6.60. The molecule has 0 bridgehead atoms. The summed E-state index contributed by atoms with van der Waals surface area (Å²) in [7, 11) is 3.15. The fourth-order valence-corrected chi connectivity index (χ4v) is 4.21. The molecule has 0 aliphatic carbocycles. The normalized spacial score (nSPS) is 14.9. The third-order valence-electron chi connectivity index (χ3n) is 5.02. The summed E-state index contributed by atoms with van der Waals surface area (Å²) in [6.45, 7) is 1.39. The van der Waals surface area contributed by atoms with Crippen LogP contribution in [0.3, 0.4) is 0 Å². The lowest BCUT2D eigenvalue weighted by Crippen LogP contribution is -2.42. The number of amides is 1. The van der Waals surface area contributed by atoms with Crippen LogP contribution in [0.15, 0.2) is 36.0 Å². The number of hydrogen-bond donors (Lipinski definition) is 1. The predicted molar refractivity (Wildman–Crippen MR) is 110 cm³/mol. The van der Waals surface area contributed by atoms with Gasteiger partial charge in [-0.1, -0.05) is 0 Å². The minimum Gasteiger partial charge on any atom is -0.493 e. The van der Waals surface area contributed by atoms with Crippen LogP contribution in [-0.2, 0) is 0 Å². The van der Waals surface area contributed by atoms with Crippen molar-refractivity contribution in [2.24, 2.45) is 0 Å². The number of aromatic nitrogens is 2. The summed E-state index contributed by atoms with van der Waals surface area (Å²) in [5.74, 6) is 2.07. The molecule has 1 amide bonds. The van der Waals surface area contributed by atoms with Crippen molar-refractivity contribution >= 4 is 33.3 Å². The molecular weight excluding hydrogens is 376 g/mol. The van der Waals surface area contributed by atoms with Gasteiger partial charge in [0.1, 0.15) is 17.0 Å². The molecule has 146 valence electrons. The second kappa shape index (κ2) is 8.02. The molecule has 1 saturated heterocycles. The second-order valence-electron chi connectivity index (χ2n) is 6.64. The van der Waals surface area contributed by atoms with Crippen LogP contribution in [0.5, 0.6) is 11.5 Å². The number of hydrogen-bond acceptors (Lipinski definition) is 7. The number of nitrogens with zero attached hydrogens (tertiary/aromatic N) is 3. The molecule has 1 fully saturated rings. The first-order chi connectivity index (χ1) is 13.7. The molecule has 1 aliphatic rings. The number of rotatable bonds is 5. The van der Waals surface area contributed by atoms with E-state index in [2.05, 4.69) is 15.3 Å². The lowest BCUT2D eigenvalue weighted by atomic mass is 10.0. The Kier molecular flexibility index (Phi) is 5.29. The molecule has 8 heteroatoms. The summed E-state index contributed by atoms with van der Waals surface area (Å²) in [6, 6.07) is 7.61. The highest BCUT2D eigenvalue weighted by molar-refractivity contribution is 7.16. The van der Waals surface area contributed by atoms with Gasteiger partial charge in [-0.3, -0.25) is 4.79 Å². The molecule has 1 aliphatic heterocycles. The molecule has 4 rings (SSSR count). The van der Waals surface area contributed by atoms with Gasteiger partial charge in [-0.15, -0.1) is 11.3 Å². The van der Waals surface area contributed by atoms with Gasteiger partial charge in [-0.05, 0) is 42.5 Å². The fourth-order valence-electron chi connectivity index (χ4n) is 3.48. The average Bonchev–Trinajstić information content (AvgIpc) is 3.23. The van der Waals surface area contributed by atoms with E-state index in [1.165, 1.54) is 0 Å². The minimum atomic E-state index is 0.0154. The maximum Gasteiger partial charge on any atom is 0.253 e. The molecule has 0 radical (unpaired) electrons. The van der Waals surface area contributed by atoms with E-state index in [1.807, 2.05) is 16.3 Å². The first-order valence-electron chi connectivity index (χ1n) is 9.15. The highest BCUT2D eigenvalue weighted by Crippen LogP contribution is 2.29. The van der Waals surface area contributed by atoms with E-state index in [9.17, 15) is 4.79 Å². The van der Waals surface area contributed by atoms with E-state index in [0.717, 1.165) is 28.9 Å². The predicted octanol–water partition coefficient (Wildman–Crippen LogP) is 3.43. The molecule has 0 saturated carbocycles. The van der Waals surface area contributed by atoms with Gasteiger partial charge >= 0.3 is 0 Å². The molecule has 2 aromatic heterocycles. The van der Waals surface area contributed by atoms with E-state index >= 15 is 0 Å². The first-order valence-corrected chi connectivity index (χ1v) is 10.0. The Labute approximate surface area is 167 Å². The maximum absolute atomic E-state index is 12.9. The van der Waals surface area contributed by atoms with E-state index in [1.54, 1.807) is 50.1 Å². The molecule has 0 atom stereocenters. The maximum atomic E-state index is 12.9. The van der Waals surface area contributed by atoms with Gasteiger partial charge < -0.3 is 19.7 Å². The van der Waals surface area contributed by atoms with Crippen LogP contribution < -0.4 is 14.8 Å². The summed E-state index contributed by atoms with van der Waals surface area (Å²) >= 11 is 1.61. The van der Waals surface area contributed by atoms with Crippen LogP contribution in [0, 0.1) is 0 Å². The summed E-state index contributed by atoms with van der Waals surface area (Å²) in [6.07, 6.45) is 3.33. The number of fused-ring (bicyclic) bond motifs is 1. The first kappa shape index (κ1) is 18.5. The van der Waals surface area contributed by atoms with Gasteiger partial charge in [0.25, 0.3) is 5.91 Å². The zero-order valence-electron chi connectivity index (χ0n) is 15.8. The smallest absolute Gasteiger partial charge is 0.253 e. The molecule has 0 unspecified atom stereocenters. The standard InChI is InChI=1S/C20H22N4O3S/c1-26-16-4-3-13(11-17(16)27-2)20(25)24-8-5-14(6-9-24)23-18-15-7-10-28-19(15)22-12-21-18/h3-4,7,10-12,14H,5-6,8-9H2,1-2H3,(H,21,22,23). The molecule has 1 aromatic carbocycles. The minimum absolute atomic E-state index is 0.0154. The van der Waals surface area contributed by atoms with Crippen molar-refractivity contribution in [1.29, 1.82) is 0 Å². The van der Waals surface area contributed by atoms with Crippen molar-refractivity contribution in [3.63, 3.8) is 0 Å². The van der Waals surface area contributed by atoms with Crippen LogP contribution in [0.2, 0.25) is 0 Å². The van der Waals surface area contributed by atoms with Crippen molar-refractivity contribution in [1.82, 2.24) is 14.9 Å². The van der Waals surface area contributed by atoms with Crippen molar-refractivity contribution in [2.75, 3.05) is 32.6 Å². The Morgan fingerprint density at radius 2 is 1.93 bits per heavy atom. The van der Waals surface area contributed by atoms with E-state index in [-0.39, 0.29) is 11.9 Å². The SMILES string of the molecule is COc1ccc(C(=O)N2CCC(Nc3ncnc4sccc34)CC2)cc1OC. The number of thiophene rings is 1. The number of anilines is 1. The topological polar surface area (TPSA) is 76.6 Å². The number of benzene rings is 1. The van der Waals surface area contributed by atoms with Crippen LogP contribution in [0.25, 0.3) is 10.2 Å². The Bertz CT molecular complexity index is 982. The third kappa shape index (κ3) is 3.60. The van der Waals surface area contributed by atoms with Crippen LogP contribution in [0.1, 0.15) is 23.2 Å². The molecule has 3 heterocycles. The van der Waals surface area contributed by atoms with Crippen LogP contribution in [-0.4, -0.2) is 54.1 Å². The van der Waals surface area contributed by atoms with E-state index < -0.39 is 0 Å². The molecule has 28 heavy (non-hydrogen) atoms.